The SMILES string of the molecule is O=C(c1n[nH]c2ccc(Br)cc12)N1CCC2CCC(C1)N2. The number of aromatic nitrogens is 2. The third kappa shape index (κ3) is 2.36. The molecule has 1 aromatic heterocycles. The summed E-state index contributed by atoms with van der Waals surface area (Å²) in [4.78, 5) is 14.8. The number of aromatic amines is 1. The topological polar surface area (TPSA) is 61.0 Å². The van der Waals surface area contributed by atoms with Crippen molar-refractivity contribution in [2.75, 3.05) is 13.1 Å². The molecule has 2 unspecified atom stereocenters. The minimum Gasteiger partial charge on any atom is -0.336 e. The van der Waals surface area contributed by atoms with E-state index in [2.05, 4.69) is 31.4 Å². The van der Waals surface area contributed by atoms with E-state index in [1.807, 2.05) is 23.1 Å². The number of nitrogens with zero attached hydrogens (tertiary/aromatic N) is 2. The van der Waals surface area contributed by atoms with Crippen LogP contribution >= 0.6 is 15.9 Å². The fourth-order valence-electron chi connectivity index (χ4n) is 3.43. The maximum atomic E-state index is 12.8. The molecule has 1 amide bonds. The third-order valence-electron chi connectivity index (χ3n) is 4.54. The van der Waals surface area contributed by atoms with Crippen LogP contribution in [0.2, 0.25) is 0 Å². The highest BCUT2D eigenvalue weighted by atomic mass is 79.9. The molecule has 1 aromatic carbocycles. The van der Waals surface area contributed by atoms with E-state index in [4.69, 9.17) is 0 Å². The first-order valence-electron chi connectivity index (χ1n) is 7.39. The Hall–Kier alpha value is -1.40. The fraction of sp³-hybridized carbons (Fsp3) is 0.467. The van der Waals surface area contributed by atoms with E-state index in [0.717, 1.165) is 34.9 Å². The van der Waals surface area contributed by atoms with Crippen molar-refractivity contribution in [1.29, 1.82) is 0 Å². The first kappa shape index (κ1) is 13.3. The van der Waals surface area contributed by atoms with E-state index < -0.39 is 0 Å². The van der Waals surface area contributed by atoms with E-state index in [-0.39, 0.29) is 5.91 Å². The minimum absolute atomic E-state index is 0.0358. The lowest BCUT2D eigenvalue weighted by Gasteiger charge is -2.23. The molecule has 110 valence electrons. The maximum absolute atomic E-state index is 12.8. The van der Waals surface area contributed by atoms with Crippen molar-refractivity contribution in [2.45, 2.75) is 31.3 Å². The van der Waals surface area contributed by atoms with Crippen molar-refractivity contribution >= 4 is 32.7 Å². The number of halogens is 1. The maximum Gasteiger partial charge on any atom is 0.275 e. The van der Waals surface area contributed by atoms with Crippen molar-refractivity contribution in [3.05, 3.63) is 28.4 Å². The molecule has 5 nitrogen and oxygen atoms in total. The quantitative estimate of drug-likeness (QED) is 0.831. The van der Waals surface area contributed by atoms with Crippen LogP contribution in [0.3, 0.4) is 0 Å². The lowest BCUT2D eigenvalue weighted by atomic mass is 10.1. The molecule has 4 rings (SSSR count). The second-order valence-corrected chi connectivity index (χ2v) is 6.86. The number of rotatable bonds is 1. The van der Waals surface area contributed by atoms with Crippen LogP contribution in [-0.4, -0.2) is 46.2 Å². The molecule has 2 fully saturated rings. The third-order valence-corrected chi connectivity index (χ3v) is 5.03. The smallest absolute Gasteiger partial charge is 0.275 e. The van der Waals surface area contributed by atoms with Crippen LogP contribution in [-0.2, 0) is 0 Å². The molecular weight excluding hydrogens is 332 g/mol. The zero-order valence-corrected chi connectivity index (χ0v) is 13.2. The molecule has 3 heterocycles. The highest BCUT2D eigenvalue weighted by Gasteiger charge is 2.32. The number of nitrogens with one attached hydrogen (secondary N) is 2. The van der Waals surface area contributed by atoms with Gasteiger partial charge in [0.25, 0.3) is 5.91 Å². The molecule has 0 radical (unpaired) electrons. The lowest BCUT2D eigenvalue weighted by Crippen LogP contribution is -2.39. The lowest BCUT2D eigenvalue weighted by molar-refractivity contribution is 0.0744. The van der Waals surface area contributed by atoms with Gasteiger partial charge in [0.1, 0.15) is 0 Å². The summed E-state index contributed by atoms with van der Waals surface area (Å²) in [7, 11) is 0. The highest BCUT2D eigenvalue weighted by molar-refractivity contribution is 9.10. The van der Waals surface area contributed by atoms with Gasteiger partial charge in [-0.1, -0.05) is 15.9 Å². The normalized spacial score (nSPS) is 25.3. The summed E-state index contributed by atoms with van der Waals surface area (Å²) in [6.45, 7) is 1.60. The van der Waals surface area contributed by atoms with Crippen LogP contribution in [0, 0.1) is 0 Å². The van der Waals surface area contributed by atoms with Gasteiger partial charge in [0.05, 0.1) is 5.52 Å². The van der Waals surface area contributed by atoms with Crippen molar-refractivity contribution in [3.8, 4) is 0 Å². The number of hydrogen-bond acceptors (Lipinski definition) is 3. The monoisotopic (exact) mass is 348 g/mol. The summed E-state index contributed by atoms with van der Waals surface area (Å²) in [6.07, 6.45) is 3.45. The Kier molecular flexibility index (Phi) is 3.23. The summed E-state index contributed by atoms with van der Waals surface area (Å²) in [5.74, 6) is 0.0358. The summed E-state index contributed by atoms with van der Waals surface area (Å²) in [6, 6.07) is 6.86. The number of carbonyl (C=O) groups excluding carboxylic acids is 1. The Morgan fingerprint density at radius 1 is 1.29 bits per heavy atom. The Bertz CT molecular complexity index is 698. The van der Waals surface area contributed by atoms with Gasteiger partial charge in [0.2, 0.25) is 0 Å². The van der Waals surface area contributed by atoms with E-state index in [1.165, 1.54) is 12.8 Å². The first-order valence-corrected chi connectivity index (χ1v) is 8.19. The van der Waals surface area contributed by atoms with Crippen LogP contribution in [0.15, 0.2) is 22.7 Å². The number of hydrogen-bond donors (Lipinski definition) is 2. The molecule has 21 heavy (non-hydrogen) atoms. The van der Waals surface area contributed by atoms with Crippen LogP contribution in [0.4, 0.5) is 0 Å². The molecule has 0 spiro atoms. The van der Waals surface area contributed by atoms with Crippen molar-refractivity contribution in [1.82, 2.24) is 20.4 Å². The molecule has 2 aliphatic rings. The Labute approximate surface area is 131 Å². The van der Waals surface area contributed by atoms with Crippen molar-refractivity contribution in [2.24, 2.45) is 0 Å². The molecule has 2 bridgehead atoms. The Morgan fingerprint density at radius 2 is 2.14 bits per heavy atom. The van der Waals surface area contributed by atoms with Crippen molar-refractivity contribution < 1.29 is 4.79 Å². The molecule has 6 heteroatoms. The number of carbonyl (C=O) groups is 1. The highest BCUT2D eigenvalue weighted by Crippen LogP contribution is 2.25. The summed E-state index contributed by atoms with van der Waals surface area (Å²) < 4.78 is 0.960. The zero-order chi connectivity index (χ0) is 14.4. The Morgan fingerprint density at radius 3 is 3.05 bits per heavy atom. The summed E-state index contributed by atoms with van der Waals surface area (Å²) in [5, 5.41) is 11.7. The van der Waals surface area contributed by atoms with Gasteiger partial charge < -0.3 is 10.2 Å². The Balaban J connectivity index is 1.65. The van der Waals surface area contributed by atoms with Crippen LogP contribution in [0.1, 0.15) is 29.8 Å². The van der Waals surface area contributed by atoms with Crippen LogP contribution < -0.4 is 5.32 Å². The molecule has 0 aliphatic carbocycles. The molecule has 2 saturated heterocycles. The van der Waals surface area contributed by atoms with Crippen molar-refractivity contribution in [3.63, 3.8) is 0 Å². The predicted octanol–water partition coefficient (Wildman–Crippen LogP) is 2.29. The van der Waals surface area contributed by atoms with E-state index in [0.29, 0.717) is 17.8 Å². The van der Waals surface area contributed by atoms with E-state index >= 15 is 0 Å². The number of H-pyrrole nitrogens is 1. The standard InChI is InChI=1S/C15H17BrN4O/c16-9-1-4-13-12(7-9)14(19-18-13)15(21)20-6-5-10-2-3-11(8-20)17-10/h1,4,7,10-11,17H,2-3,5-6,8H2,(H,18,19). The minimum atomic E-state index is 0.0358. The zero-order valence-electron chi connectivity index (χ0n) is 11.6. The molecular formula is C15H17BrN4O. The van der Waals surface area contributed by atoms with Gasteiger partial charge in [-0.05, 0) is 37.5 Å². The van der Waals surface area contributed by atoms with Gasteiger partial charge in [0, 0.05) is 35.0 Å². The second kappa shape index (κ2) is 5.10. The molecule has 0 saturated carbocycles. The average molecular weight is 349 g/mol. The molecule has 2 atom stereocenters. The number of likely N-dealkylation sites (tertiary alicyclic amines) is 1. The molecule has 2 aliphatic heterocycles. The number of amides is 1. The molecule has 2 N–H and O–H groups in total. The second-order valence-electron chi connectivity index (χ2n) is 5.94. The summed E-state index contributed by atoms with van der Waals surface area (Å²) >= 11 is 3.46. The number of fused-ring (bicyclic) bond motifs is 3. The van der Waals surface area contributed by atoms with E-state index in [9.17, 15) is 4.79 Å². The number of benzene rings is 1. The molecule has 2 aromatic rings. The largest absolute Gasteiger partial charge is 0.336 e. The van der Waals surface area contributed by atoms with Crippen LogP contribution in [0.5, 0.6) is 0 Å². The predicted molar refractivity (Wildman–Crippen MR) is 84.3 cm³/mol. The van der Waals surface area contributed by atoms with Gasteiger partial charge in [-0.2, -0.15) is 5.10 Å². The van der Waals surface area contributed by atoms with Gasteiger partial charge in [-0.15, -0.1) is 0 Å². The summed E-state index contributed by atoms with van der Waals surface area (Å²) in [5.41, 5.74) is 1.43. The van der Waals surface area contributed by atoms with E-state index in [1.54, 1.807) is 0 Å². The van der Waals surface area contributed by atoms with Gasteiger partial charge in [-0.3, -0.25) is 9.89 Å². The van der Waals surface area contributed by atoms with Gasteiger partial charge in [0.15, 0.2) is 5.69 Å². The fourth-order valence-corrected chi connectivity index (χ4v) is 3.79. The van der Waals surface area contributed by atoms with Gasteiger partial charge in [-0.25, -0.2) is 0 Å². The first-order chi connectivity index (χ1) is 10.2. The van der Waals surface area contributed by atoms with Crippen LogP contribution in [0.25, 0.3) is 10.9 Å². The average Bonchev–Trinajstić information content (AvgIpc) is 3.01. The van der Waals surface area contributed by atoms with Gasteiger partial charge >= 0.3 is 0 Å².